The number of hydrogen-bond acceptors (Lipinski definition) is 2. The summed E-state index contributed by atoms with van der Waals surface area (Å²) in [6, 6.07) is 5.90. The lowest BCUT2D eigenvalue weighted by Gasteiger charge is -2.48. The summed E-state index contributed by atoms with van der Waals surface area (Å²) in [7, 11) is 0. The van der Waals surface area contributed by atoms with Crippen LogP contribution in [0.25, 0.3) is 0 Å². The highest BCUT2D eigenvalue weighted by Gasteiger charge is 2.54. The molecule has 0 aromatic heterocycles. The largest absolute Gasteiger partial charge is 0.508 e. The minimum atomic E-state index is -0.0322. The minimum Gasteiger partial charge on any atom is -0.508 e. The number of aryl methyl sites for hydroxylation is 1. The molecule has 0 saturated heterocycles. The first kappa shape index (κ1) is 12.4. The van der Waals surface area contributed by atoms with Gasteiger partial charge >= 0.3 is 0 Å². The molecule has 0 spiro atoms. The number of phenolic OH excluding ortho intramolecular Hbond substituents is 1. The van der Waals surface area contributed by atoms with E-state index in [9.17, 15) is 9.90 Å². The molecule has 2 saturated carbocycles. The van der Waals surface area contributed by atoms with Crippen molar-refractivity contribution in [1.82, 2.24) is 0 Å². The summed E-state index contributed by atoms with van der Waals surface area (Å²) in [5, 5.41) is 9.67. The molecule has 3 aliphatic rings. The number of hydrogen-bond donors (Lipinski definition) is 1. The van der Waals surface area contributed by atoms with Crippen molar-refractivity contribution in [3.05, 3.63) is 29.3 Å². The second-order valence-corrected chi connectivity index (χ2v) is 7.22. The van der Waals surface area contributed by atoms with Crippen LogP contribution in [-0.2, 0) is 11.2 Å². The van der Waals surface area contributed by atoms with Gasteiger partial charge in [-0.3, -0.25) is 4.79 Å². The van der Waals surface area contributed by atoms with Crippen molar-refractivity contribution < 1.29 is 9.90 Å². The highest BCUT2D eigenvalue weighted by molar-refractivity contribution is 5.87. The molecule has 1 aromatic carbocycles. The van der Waals surface area contributed by atoms with E-state index in [2.05, 4.69) is 13.0 Å². The summed E-state index contributed by atoms with van der Waals surface area (Å²) in [6.07, 6.45) is 6.34. The maximum absolute atomic E-state index is 12.3. The molecule has 0 amide bonds. The van der Waals surface area contributed by atoms with Gasteiger partial charge in [0.05, 0.1) is 0 Å². The molecular weight excluding hydrogens is 248 g/mol. The molecule has 2 heteroatoms. The first-order valence-electron chi connectivity index (χ1n) is 7.95. The Morgan fingerprint density at radius 2 is 2.05 bits per heavy atom. The Bertz CT molecular complexity index is 577. The third kappa shape index (κ3) is 1.54. The Morgan fingerprint density at radius 3 is 2.90 bits per heavy atom. The Labute approximate surface area is 120 Å². The van der Waals surface area contributed by atoms with E-state index in [0.717, 1.165) is 32.1 Å². The number of rotatable bonds is 0. The molecule has 3 aliphatic carbocycles. The normalized spacial score (nSPS) is 39.0. The summed E-state index contributed by atoms with van der Waals surface area (Å²) in [5.74, 6) is 2.78. The van der Waals surface area contributed by atoms with E-state index in [1.54, 1.807) is 0 Å². The highest BCUT2D eigenvalue weighted by atomic mass is 16.3. The van der Waals surface area contributed by atoms with Crippen molar-refractivity contribution in [2.24, 2.45) is 17.3 Å². The van der Waals surface area contributed by atoms with E-state index in [4.69, 9.17) is 0 Å². The van der Waals surface area contributed by atoms with Crippen LogP contribution in [0.1, 0.15) is 56.1 Å². The second-order valence-electron chi connectivity index (χ2n) is 7.22. The van der Waals surface area contributed by atoms with Crippen LogP contribution in [0.3, 0.4) is 0 Å². The lowest BCUT2D eigenvalue weighted by Crippen LogP contribution is -2.42. The van der Waals surface area contributed by atoms with Crippen LogP contribution in [0.5, 0.6) is 5.75 Å². The van der Waals surface area contributed by atoms with Gasteiger partial charge in [0, 0.05) is 11.8 Å². The Hall–Kier alpha value is -1.31. The number of benzene rings is 1. The second kappa shape index (κ2) is 4.09. The van der Waals surface area contributed by atoms with E-state index in [1.165, 1.54) is 17.5 Å². The van der Waals surface area contributed by atoms with E-state index in [1.807, 2.05) is 12.1 Å². The Morgan fingerprint density at radius 1 is 1.20 bits per heavy atom. The molecule has 106 valence electrons. The standard InChI is InChI=1S/C18H22O2/c1-18-9-8-14-13-5-3-12(19)10-11(13)2-4-15(14)16(18)6-7-17(18)20/h3,5,10,14-16,19H,2,4,6-9H2,1H3/t14-,15?,16?,18?/m1/s1. The van der Waals surface area contributed by atoms with Crippen molar-refractivity contribution in [2.45, 2.75) is 51.4 Å². The van der Waals surface area contributed by atoms with Gasteiger partial charge in [0.1, 0.15) is 11.5 Å². The van der Waals surface area contributed by atoms with E-state index in [0.29, 0.717) is 29.3 Å². The quantitative estimate of drug-likeness (QED) is 0.778. The molecule has 0 bridgehead atoms. The zero-order valence-corrected chi connectivity index (χ0v) is 12.1. The predicted molar refractivity (Wildman–Crippen MR) is 77.7 cm³/mol. The molecule has 20 heavy (non-hydrogen) atoms. The van der Waals surface area contributed by atoms with Crippen LogP contribution in [0, 0.1) is 17.3 Å². The number of aromatic hydroxyl groups is 1. The fourth-order valence-corrected chi connectivity index (χ4v) is 5.34. The third-order valence-electron chi connectivity index (χ3n) is 6.42. The van der Waals surface area contributed by atoms with Crippen molar-refractivity contribution >= 4 is 5.78 Å². The topological polar surface area (TPSA) is 37.3 Å². The molecule has 4 atom stereocenters. The van der Waals surface area contributed by atoms with Gasteiger partial charge in [-0.2, -0.15) is 0 Å². The SMILES string of the molecule is CC12CC[C@@H]3c4ccc(O)cc4CCC3C1CCC2=O. The fraction of sp³-hybridized carbons (Fsp3) is 0.611. The molecule has 1 aromatic rings. The van der Waals surface area contributed by atoms with Gasteiger partial charge in [0.15, 0.2) is 0 Å². The highest BCUT2D eigenvalue weighted by Crippen LogP contribution is 2.59. The predicted octanol–water partition coefficient (Wildman–Crippen LogP) is 3.82. The molecule has 0 heterocycles. The molecule has 2 fully saturated rings. The van der Waals surface area contributed by atoms with Crippen LogP contribution in [0.15, 0.2) is 18.2 Å². The van der Waals surface area contributed by atoms with Crippen molar-refractivity contribution in [1.29, 1.82) is 0 Å². The van der Waals surface area contributed by atoms with E-state index in [-0.39, 0.29) is 5.41 Å². The number of fused-ring (bicyclic) bond motifs is 5. The van der Waals surface area contributed by atoms with Gasteiger partial charge in [0.25, 0.3) is 0 Å². The first-order valence-corrected chi connectivity index (χ1v) is 7.95. The van der Waals surface area contributed by atoms with Crippen LogP contribution in [0.4, 0.5) is 0 Å². The van der Waals surface area contributed by atoms with E-state index < -0.39 is 0 Å². The van der Waals surface area contributed by atoms with Crippen LogP contribution < -0.4 is 0 Å². The zero-order valence-electron chi connectivity index (χ0n) is 12.1. The zero-order chi connectivity index (χ0) is 13.9. The summed E-state index contributed by atoms with van der Waals surface area (Å²) < 4.78 is 0. The van der Waals surface area contributed by atoms with Gasteiger partial charge < -0.3 is 5.11 Å². The first-order chi connectivity index (χ1) is 9.59. The average molecular weight is 270 g/mol. The molecule has 0 radical (unpaired) electrons. The number of ketones is 1. The fourth-order valence-electron chi connectivity index (χ4n) is 5.34. The third-order valence-corrected chi connectivity index (χ3v) is 6.42. The summed E-state index contributed by atoms with van der Waals surface area (Å²) >= 11 is 0. The Balaban J connectivity index is 1.73. The molecular formula is C18H22O2. The maximum atomic E-state index is 12.3. The Kier molecular flexibility index (Phi) is 2.55. The smallest absolute Gasteiger partial charge is 0.139 e. The molecule has 2 nitrogen and oxygen atoms in total. The molecule has 4 rings (SSSR count). The van der Waals surface area contributed by atoms with Crippen LogP contribution >= 0.6 is 0 Å². The lowest BCUT2D eigenvalue weighted by molar-refractivity contribution is -0.129. The van der Waals surface area contributed by atoms with Gasteiger partial charge in [-0.15, -0.1) is 0 Å². The van der Waals surface area contributed by atoms with Crippen molar-refractivity contribution in [3.8, 4) is 5.75 Å². The number of Topliss-reactive ketones (excluding diaryl/α,β-unsaturated/α-hetero) is 1. The minimum absolute atomic E-state index is 0.0322. The summed E-state index contributed by atoms with van der Waals surface area (Å²) in [6.45, 7) is 2.22. The van der Waals surface area contributed by atoms with Crippen molar-refractivity contribution in [2.75, 3.05) is 0 Å². The van der Waals surface area contributed by atoms with Gasteiger partial charge in [-0.1, -0.05) is 13.0 Å². The van der Waals surface area contributed by atoms with Crippen LogP contribution in [-0.4, -0.2) is 10.9 Å². The lowest BCUT2D eigenvalue weighted by atomic mass is 9.55. The average Bonchev–Trinajstić information content (AvgIpc) is 2.74. The molecule has 1 N–H and O–H groups in total. The molecule has 0 aliphatic heterocycles. The van der Waals surface area contributed by atoms with Gasteiger partial charge in [0.2, 0.25) is 0 Å². The van der Waals surface area contributed by atoms with Gasteiger partial charge in [-0.05, 0) is 73.1 Å². The van der Waals surface area contributed by atoms with E-state index >= 15 is 0 Å². The summed E-state index contributed by atoms with van der Waals surface area (Å²) in [4.78, 5) is 12.3. The van der Waals surface area contributed by atoms with Crippen LogP contribution in [0.2, 0.25) is 0 Å². The van der Waals surface area contributed by atoms with Crippen molar-refractivity contribution in [3.63, 3.8) is 0 Å². The number of carbonyl (C=O) groups excluding carboxylic acids is 1. The summed E-state index contributed by atoms with van der Waals surface area (Å²) in [5.41, 5.74) is 2.75. The number of phenols is 1. The monoisotopic (exact) mass is 270 g/mol. The number of carbonyl (C=O) groups is 1. The van der Waals surface area contributed by atoms with Gasteiger partial charge in [-0.25, -0.2) is 0 Å². The molecule has 3 unspecified atom stereocenters. The maximum Gasteiger partial charge on any atom is 0.139 e.